The number of piperazine rings is 1. The molecule has 0 saturated carbocycles. The lowest BCUT2D eigenvalue weighted by molar-refractivity contribution is 0.0240. The zero-order valence-corrected chi connectivity index (χ0v) is 16.1. The summed E-state index contributed by atoms with van der Waals surface area (Å²) in [5.74, 6) is 2.69. The van der Waals surface area contributed by atoms with Crippen LogP contribution in [0.1, 0.15) is 26.3 Å². The molecule has 0 radical (unpaired) electrons. The Bertz CT molecular complexity index is 608. The third-order valence-corrected chi connectivity index (χ3v) is 4.17. The third kappa shape index (κ3) is 5.31. The second kappa shape index (κ2) is 7.43. The number of amides is 1. The average molecular weight is 426 g/mol. The molecular formula is C18H23IN2O2. The predicted molar refractivity (Wildman–Crippen MR) is 102 cm³/mol. The molecule has 0 N–H and O–H groups in total. The average Bonchev–Trinajstić information content (AvgIpc) is 2.45. The predicted octanol–water partition coefficient (Wildman–Crippen LogP) is 3.52. The van der Waals surface area contributed by atoms with E-state index >= 15 is 0 Å². The van der Waals surface area contributed by atoms with Crippen LogP contribution in [0.4, 0.5) is 10.5 Å². The minimum absolute atomic E-state index is 0.229. The van der Waals surface area contributed by atoms with Crippen LogP contribution in [0.25, 0.3) is 0 Å². The van der Waals surface area contributed by atoms with Crippen LogP contribution in [-0.4, -0.2) is 42.8 Å². The Balaban J connectivity index is 1.99. The van der Waals surface area contributed by atoms with Crippen LogP contribution in [0.3, 0.4) is 0 Å². The largest absolute Gasteiger partial charge is 0.444 e. The quantitative estimate of drug-likeness (QED) is 0.536. The molecule has 1 heterocycles. The van der Waals surface area contributed by atoms with Gasteiger partial charge in [-0.05, 0) is 67.1 Å². The van der Waals surface area contributed by atoms with Crippen LogP contribution in [0.2, 0.25) is 0 Å². The minimum Gasteiger partial charge on any atom is -0.444 e. The summed E-state index contributed by atoms with van der Waals surface area (Å²) in [6.45, 7) is 8.61. The van der Waals surface area contributed by atoms with Crippen molar-refractivity contribution in [2.45, 2.75) is 32.8 Å². The number of nitrogens with zero attached hydrogens (tertiary/aromatic N) is 2. The van der Waals surface area contributed by atoms with Gasteiger partial charge in [-0.25, -0.2) is 4.79 Å². The molecule has 2 rings (SSSR count). The van der Waals surface area contributed by atoms with Gasteiger partial charge in [0.25, 0.3) is 0 Å². The van der Waals surface area contributed by atoms with Crippen LogP contribution >= 0.6 is 22.6 Å². The smallest absolute Gasteiger partial charge is 0.410 e. The first-order valence-electron chi connectivity index (χ1n) is 7.74. The normalized spacial score (nSPS) is 15.3. The van der Waals surface area contributed by atoms with Gasteiger partial charge in [0.2, 0.25) is 0 Å². The second-order valence-corrected chi connectivity index (χ2v) is 7.90. The van der Waals surface area contributed by atoms with E-state index in [0.29, 0.717) is 19.5 Å². The first-order valence-corrected chi connectivity index (χ1v) is 8.82. The molecule has 0 aliphatic carbocycles. The lowest BCUT2D eigenvalue weighted by atomic mass is 10.1. The van der Waals surface area contributed by atoms with Gasteiger partial charge in [0.1, 0.15) is 5.60 Å². The molecule has 0 atom stereocenters. The highest BCUT2D eigenvalue weighted by molar-refractivity contribution is 14.1. The number of anilines is 1. The fourth-order valence-electron chi connectivity index (χ4n) is 2.51. The zero-order valence-electron chi connectivity index (χ0n) is 13.9. The van der Waals surface area contributed by atoms with Gasteiger partial charge in [-0.2, -0.15) is 0 Å². The molecule has 1 aliphatic rings. The van der Waals surface area contributed by atoms with E-state index in [9.17, 15) is 4.79 Å². The number of ether oxygens (including phenoxy) is 1. The van der Waals surface area contributed by atoms with Crippen LogP contribution in [0, 0.1) is 15.9 Å². The molecule has 0 spiro atoms. The Hall–Kier alpha value is -1.42. The Kier molecular flexibility index (Phi) is 5.79. The number of hydrogen-bond donors (Lipinski definition) is 0. The molecule has 0 unspecified atom stereocenters. The molecule has 1 aliphatic heterocycles. The molecule has 1 saturated heterocycles. The molecular weight excluding hydrogens is 403 g/mol. The number of carbonyl (C=O) groups is 1. The lowest BCUT2D eigenvalue weighted by Crippen LogP contribution is -2.50. The molecule has 5 heteroatoms. The maximum atomic E-state index is 12.1. The van der Waals surface area contributed by atoms with Gasteiger partial charge in [-0.15, -0.1) is 12.3 Å². The van der Waals surface area contributed by atoms with E-state index in [1.807, 2.05) is 20.8 Å². The van der Waals surface area contributed by atoms with Crippen molar-refractivity contribution in [2.24, 2.45) is 0 Å². The fraction of sp³-hybridized carbons (Fsp3) is 0.500. The molecule has 4 nitrogen and oxygen atoms in total. The molecule has 1 fully saturated rings. The molecule has 1 aromatic rings. The number of terminal acetylenes is 1. The zero-order chi connectivity index (χ0) is 17.0. The van der Waals surface area contributed by atoms with E-state index in [0.717, 1.165) is 18.7 Å². The summed E-state index contributed by atoms with van der Waals surface area (Å²) in [6, 6.07) is 6.41. The Morgan fingerprint density at radius 1 is 1.26 bits per heavy atom. The third-order valence-electron chi connectivity index (χ3n) is 3.55. The van der Waals surface area contributed by atoms with E-state index in [1.165, 1.54) is 9.26 Å². The molecule has 1 aromatic carbocycles. The van der Waals surface area contributed by atoms with Crippen molar-refractivity contribution in [3.8, 4) is 12.3 Å². The van der Waals surface area contributed by atoms with E-state index in [1.54, 1.807) is 4.90 Å². The fourth-order valence-corrected chi connectivity index (χ4v) is 3.23. The molecule has 23 heavy (non-hydrogen) atoms. The molecule has 0 aromatic heterocycles. The Morgan fingerprint density at radius 2 is 1.91 bits per heavy atom. The van der Waals surface area contributed by atoms with E-state index in [2.05, 4.69) is 51.6 Å². The second-order valence-electron chi connectivity index (χ2n) is 6.65. The summed E-state index contributed by atoms with van der Waals surface area (Å²) in [5.41, 5.74) is 1.88. The minimum atomic E-state index is -0.451. The van der Waals surface area contributed by atoms with Crippen LogP contribution in [-0.2, 0) is 11.2 Å². The SMILES string of the molecule is C#CCc1cc(I)cc(N2CCN(C(=O)OC(C)(C)C)CC2)c1. The molecule has 1 amide bonds. The standard InChI is InChI=1S/C18H23IN2O2/c1-5-6-14-11-15(19)13-16(12-14)20-7-9-21(10-8-20)17(22)23-18(2,3)4/h1,11-13H,6-10H2,2-4H3. The van der Waals surface area contributed by atoms with Gasteiger partial charge < -0.3 is 14.5 Å². The van der Waals surface area contributed by atoms with E-state index < -0.39 is 5.60 Å². The van der Waals surface area contributed by atoms with Gasteiger partial charge in [0, 0.05) is 41.9 Å². The summed E-state index contributed by atoms with van der Waals surface area (Å²) in [4.78, 5) is 16.2. The van der Waals surface area contributed by atoms with Crippen LogP contribution in [0.15, 0.2) is 18.2 Å². The van der Waals surface area contributed by atoms with Gasteiger partial charge in [0.05, 0.1) is 0 Å². The van der Waals surface area contributed by atoms with Crippen LogP contribution < -0.4 is 4.90 Å². The first-order chi connectivity index (χ1) is 10.8. The number of carbonyl (C=O) groups excluding carboxylic acids is 1. The highest BCUT2D eigenvalue weighted by Gasteiger charge is 2.26. The van der Waals surface area contributed by atoms with Crippen molar-refractivity contribution in [3.63, 3.8) is 0 Å². The number of rotatable bonds is 2. The van der Waals surface area contributed by atoms with Crippen LogP contribution in [0.5, 0.6) is 0 Å². The number of benzene rings is 1. The summed E-state index contributed by atoms with van der Waals surface area (Å²) >= 11 is 2.32. The maximum Gasteiger partial charge on any atom is 0.410 e. The van der Waals surface area contributed by atoms with Crippen molar-refractivity contribution in [2.75, 3.05) is 31.1 Å². The Labute approximate surface area is 152 Å². The van der Waals surface area contributed by atoms with E-state index in [4.69, 9.17) is 11.2 Å². The Morgan fingerprint density at radius 3 is 2.48 bits per heavy atom. The summed E-state index contributed by atoms with van der Waals surface area (Å²) < 4.78 is 6.61. The molecule has 124 valence electrons. The summed E-state index contributed by atoms with van der Waals surface area (Å²) in [6.07, 6.45) is 5.83. The maximum absolute atomic E-state index is 12.1. The summed E-state index contributed by atoms with van der Waals surface area (Å²) in [5, 5.41) is 0. The number of hydrogen-bond acceptors (Lipinski definition) is 3. The highest BCUT2D eigenvalue weighted by Crippen LogP contribution is 2.23. The van der Waals surface area contributed by atoms with Crippen molar-refractivity contribution in [3.05, 3.63) is 27.3 Å². The van der Waals surface area contributed by atoms with Gasteiger partial charge in [-0.1, -0.05) is 0 Å². The highest BCUT2D eigenvalue weighted by atomic mass is 127. The van der Waals surface area contributed by atoms with Crippen molar-refractivity contribution < 1.29 is 9.53 Å². The molecule has 0 bridgehead atoms. The van der Waals surface area contributed by atoms with Crippen molar-refractivity contribution in [1.29, 1.82) is 0 Å². The van der Waals surface area contributed by atoms with Gasteiger partial charge in [0.15, 0.2) is 0 Å². The van der Waals surface area contributed by atoms with Gasteiger partial charge >= 0.3 is 6.09 Å². The van der Waals surface area contributed by atoms with Gasteiger partial charge in [-0.3, -0.25) is 0 Å². The summed E-state index contributed by atoms with van der Waals surface area (Å²) in [7, 11) is 0. The number of halogens is 1. The van der Waals surface area contributed by atoms with Crippen molar-refractivity contribution in [1.82, 2.24) is 4.90 Å². The van der Waals surface area contributed by atoms with E-state index in [-0.39, 0.29) is 6.09 Å². The first kappa shape index (κ1) is 17.9. The lowest BCUT2D eigenvalue weighted by Gasteiger charge is -2.37. The van der Waals surface area contributed by atoms with Crippen molar-refractivity contribution >= 4 is 34.4 Å². The monoisotopic (exact) mass is 426 g/mol. The topological polar surface area (TPSA) is 32.8 Å².